The van der Waals surface area contributed by atoms with Crippen LogP contribution in [0.1, 0.15) is 10.4 Å². The van der Waals surface area contributed by atoms with Gasteiger partial charge in [-0.1, -0.05) is 18.2 Å². The lowest BCUT2D eigenvalue weighted by Crippen LogP contribution is -2.22. The SMILES string of the molecule is COc1cccc(S(=O)(=O)Nc2ccc(C(=O)[O-])cc2)c1. The first-order chi connectivity index (χ1) is 9.92. The Balaban J connectivity index is 2.26. The van der Waals surface area contributed by atoms with Gasteiger partial charge in [0.05, 0.1) is 18.0 Å². The van der Waals surface area contributed by atoms with Gasteiger partial charge >= 0.3 is 0 Å². The van der Waals surface area contributed by atoms with Gasteiger partial charge in [0, 0.05) is 11.8 Å². The van der Waals surface area contributed by atoms with E-state index in [1.54, 1.807) is 12.1 Å². The third kappa shape index (κ3) is 3.51. The molecule has 2 aromatic rings. The summed E-state index contributed by atoms with van der Waals surface area (Å²) in [7, 11) is -2.33. The molecule has 0 bridgehead atoms. The van der Waals surface area contributed by atoms with Crippen molar-refractivity contribution in [1.29, 1.82) is 0 Å². The zero-order valence-corrected chi connectivity index (χ0v) is 11.9. The molecule has 0 fully saturated rings. The molecule has 0 spiro atoms. The zero-order valence-electron chi connectivity index (χ0n) is 11.1. The first-order valence-corrected chi connectivity index (χ1v) is 7.39. The molecule has 0 amide bonds. The second-order valence-electron chi connectivity index (χ2n) is 4.15. The number of hydrogen-bond donors (Lipinski definition) is 1. The quantitative estimate of drug-likeness (QED) is 0.884. The van der Waals surface area contributed by atoms with E-state index in [0.29, 0.717) is 5.75 Å². The molecule has 0 aromatic heterocycles. The molecule has 0 radical (unpaired) electrons. The number of ether oxygens (including phenoxy) is 1. The van der Waals surface area contributed by atoms with E-state index in [1.807, 2.05) is 0 Å². The average molecular weight is 306 g/mol. The summed E-state index contributed by atoms with van der Waals surface area (Å²) in [5.74, 6) is -0.901. The van der Waals surface area contributed by atoms with Crippen LogP contribution in [0.3, 0.4) is 0 Å². The molecular formula is C14H12NO5S-. The molecule has 0 aliphatic rings. The molecule has 0 atom stereocenters. The molecule has 0 aliphatic carbocycles. The predicted octanol–water partition coefficient (Wildman–Crippen LogP) is 0.859. The van der Waals surface area contributed by atoms with Crippen molar-refractivity contribution in [3.05, 3.63) is 54.1 Å². The standard InChI is InChI=1S/C14H13NO5S/c1-20-12-3-2-4-13(9-12)21(18,19)15-11-7-5-10(6-8-11)14(16)17/h2-9,15H,1H3,(H,16,17)/p-1. The highest BCUT2D eigenvalue weighted by atomic mass is 32.2. The molecule has 0 aliphatic heterocycles. The van der Waals surface area contributed by atoms with E-state index in [0.717, 1.165) is 0 Å². The van der Waals surface area contributed by atoms with Crippen molar-refractivity contribution < 1.29 is 23.1 Å². The van der Waals surface area contributed by atoms with Gasteiger partial charge in [0.2, 0.25) is 0 Å². The predicted molar refractivity (Wildman–Crippen MR) is 74.6 cm³/mol. The number of rotatable bonds is 5. The van der Waals surface area contributed by atoms with Gasteiger partial charge in [0.25, 0.3) is 10.0 Å². The number of carboxylic acids is 1. The molecule has 0 heterocycles. The fourth-order valence-electron chi connectivity index (χ4n) is 1.66. The Hall–Kier alpha value is -2.54. The molecule has 110 valence electrons. The Bertz CT molecular complexity index is 753. The van der Waals surface area contributed by atoms with Crippen molar-refractivity contribution >= 4 is 21.7 Å². The molecule has 1 N–H and O–H groups in total. The number of carbonyl (C=O) groups excluding carboxylic acids is 1. The summed E-state index contributed by atoms with van der Waals surface area (Å²) < 4.78 is 31.7. The minimum atomic E-state index is -3.77. The van der Waals surface area contributed by atoms with E-state index >= 15 is 0 Å². The number of hydrogen-bond acceptors (Lipinski definition) is 5. The van der Waals surface area contributed by atoms with E-state index in [9.17, 15) is 18.3 Å². The molecule has 0 saturated heterocycles. The lowest BCUT2D eigenvalue weighted by atomic mass is 10.2. The summed E-state index contributed by atoms with van der Waals surface area (Å²) >= 11 is 0. The van der Waals surface area contributed by atoms with Gasteiger partial charge in [0.15, 0.2) is 0 Å². The van der Waals surface area contributed by atoms with Crippen LogP contribution >= 0.6 is 0 Å². The van der Waals surface area contributed by atoms with E-state index in [2.05, 4.69) is 4.72 Å². The van der Waals surface area contributed by atoms with Gasteiger partial charge in [0.1, 0.15) is 5.75 Å². The Kier molecular flexibility index (Phi) is 4.13. The second-order valence-corrected chi connectivity index (χ2v) is 5.83. The highest BCUT2D eigenvalue weighted by molar-refractivity contribution is 7.92. The zero-order chi connectivity index (χ0) is 15.5. The van der Waals surface area contributed by atoms with Crippen molar-refractivity contribution in [2.24, 2.45) is 0 Å². The van der Waals surface area contributed by atoms with Gasteiger partial charge < -0.3 is 14.6 Å². The largest absolute Gasteiger partial charge is 0.545 e. The summed E-state index contributed by atoms with van der Waals surface area (Å²) in [6, 6.07) is 11.2. The van der Waals surface area contributed by atoms with Crippen molar-refractivity contribution in [2.45, 2.75) is 4.90 Å². The molecule has 2 rings (SSSR count). The monoisotopic (exact) mass is 306 g/mol. The van der Waals surface area contributed by atoms with Crippen LogP contribution in [0, 0.1) is 0 Å². The molecule has 0 unspecified atom stereocenters. The van der Waals surface area contributed by atoms with Crippen LogP contribution in [-0.2, 0) is 10.0 Å². The first-order valence-electron chi connectivity index (χ1n) is 5.90. The number of sulfonamides is 1. The van der Waals surface area contributed by atoms with Gasteiger partial charge in [-0.2, -0.15) is 0 Å². The minimum Gasteiger partial charge on any atom is -0.545 e. The van der Waals surface area contributed by atoms with Crippen molar-refractivity contribution in [3.63, 3.8) is 0 Å². The first kappa shape index (κ1) is 14.9. The van der Waals surface area contributed by atoms with Crippen LogP contribution in [-0.4, -0.2) is 21.5 Å². The number of methoxy groups -OCH3 is 1. The Morgan fingerprint density at radius 2 is 1.81 bits per heavy atom. The van der Waals surface area contributed by atoms with Crippen molar-refractivity contribution in [2.75, 3.05) is 11.8 Å². The Labute approximate surface area is 122 Å². The lowest BCUT2D eigenvalue weighted by molar-refractivity contribution is -0.255. The van der Waals surface area contributed by atoms with Crippen LogP contribution < -0.4 is 14.6 Å². The average Bonchev–Trinajstić information content (AvgIpc) is 2.47. The number of nitrogens with one attached hydrogen (secondary N) is 1. The maximum Gasteiger partial charge on any atom is 0.262 e. The Morgan fingerprint density at radius 3 is 2.38 bits per heavy atom. The van der Waals surface area contributed by atoms with Crippen molar-refractivity contribution in [1.82, 2.24) is 0 Å². The smallest absolute Gasteiger partial charge is 0.262 e. The Morgan fingerprint density at radius 1 is 1.14 bits per heavy atom. The highest BCUT2D eigenvalue weighted by Crippen LogP contribution is 2.20. The summed E-state index contributed by atoms with van der Waals surface area (Å²) in [5.41, 5.74) is 0.224. The highest BCUT2D eigenvalue weighted by Gasteiger charge is 2.14. The summed E-state index contributed by atoms with van der Waals surface area (Å²) in [6.45, 7) is 0. The van der Waals surface area contributed by atoms with E-state index in [4.69, 9.17) is 4.74 Å². The minimum absolute atomic E-state index is 0.0284. The van der Waals surface area contributed by atoms with E-state index < -0.39 is 16.0 Å². The third-order valence-electron chi connectivity index (χ3n) is 2.72. The van der Waals surface area contributed by atoms with Gasteiger partial charge in [-0.15, -0.1) is 0 Å². The van der Waals surface area contributed by atoms with Crippen LogP contribution in [0.15, 0.2) is 53.4 Å². The number of carbonyl (C=O) groups is 1. The second kappa shape index (κ2) is 5.84. The van der Waals surface area contributed by atoms with Crippen LogP contribution in [0.4, 0.5) is 5.69 Å². The topological polar surface area (TPSA) is 95.5 Å². The van der Waals surface area contributed by atoms with E-state index in [-0.39, 0.29) is 16.1 Å². The lowest BCUT2D eigenvalue weighted by Gasteiger charge is -2.10. The summed E-state index contributed by atoms with van der Waals surface area (Å²) in [5, 5.41) is 10.6. The molecule has 0 saturated carbocycles. The van der Waals surface area contributed by atoms with Gasteiger partial charge in [-0.05, 0) is 29.8 Å². The maximum atomic E-state index is 12.2. The number of benzene rings is 2. The number of anilines is 1. The van der Waals surface area contributed by atoms with Crippen LogP contribution in [0.25, 0.3) is 0 Å². The van der Waals surface area contributed by atoms with Crippen LogP contribution in [0.2, 0.25) is 0 Å². The third-order valence-corrected chi connectivity index (χ3v) is 4.10. The summed E-state index contributed by atoms with van der Waals surface area (Å²) in [4.78, 5) is 10.7. The van der Waals surface area contributed by atoms with Gasteiger partial charge in [-0.3, -0.25) is 4.72 Å². The normalized spacial score (nSPS) is 10.9. The molecule has 2 aromatic carbocycles. The van der Waals surface area contributed by atoms with E-state index in [1.165, 1.54) is 43.5 Å². The number of carboxylic acid groups (broad SMARTS) is 1. The summed E-state index contributed by atoms with van der Waals surface area (Å²) in [6.07, 6.45) is 0. The molecular weight excluding hydrogens is 294 g/mol. The van der Waals surface area contributed by atoms with Crippen LogP contribution in [0.5, 0.6) is 5.75 Å². The fourth-order valence-corrected chi connectivity index (χ4v) is 2.75. The fraction of sp³-hybridized carbons (Fsp3) is 0.0714. The number of aromatic carboxylic acids is 1. The maximum absolute atomic E-state index is 12.2. The molecule has 21 heavy (non-hydrogen) atoms. The van der Waals surface area contributed by atoms with Crippen molar-refractivity contribution in [3.8, 4) is 5.75 Å². The van der Waals surface area contributed by atoms with Gasteiger partial charge in [-0.25, -0.2) is 8.42 Å². The molecule has 7 heteroatoms. The molecule has 6 nitrogen and oxygen atoms in total.